The van der Waals surface area contributed by atoms with Crippen LogP contribution in [-0.4, -0.2) is 11.6 Å². The molecule has 4 heteroatoms. The van der Waals surface area contributed by atoms with Crippen molar-refractivity contribution in [2.45, 2.75) is 20.8 Å². The lowest BCUT2D eigenvalue weighted by Crippen LogP contribution is -2.20. The van der Waals surface area contributed by atoms with Gasteiger partial charge in [0.1, 0.15) is 0 Å². The Balaban J connectivity index is 2.19. The van der Waals surface area contributed by atoms with E-state index in [9.17, 15) is 4.79 Å². The van der Waals surface area contributed by atoms with Crippen LogP contribution < -0.4 is 11.2 Å². The molecular formula is C17H19N3O. The van der Waals surface area contributed by atoms with Crippen LogP contribution in [0.1, 0.15) is 34.0 Å². The predicted octanol–water partition coefficient (Wildman–Crippen LogP) is 3.04. The third-order valence-electron chi connectivity index (χ3n) is 3.31. The van der Waals surface area contributed by atoms with Crippen molar-refractivity contribution >= 4 is 17.3 Å². The van der Waals surface area contributed by atoms with E-state index in [0.717, 1.165) is 22.4 Å². The van der Waals surface area contributed by atoms with Gasteiger partial charge in [0.05, 0.1) is 11.3 Å². The number of aryl methyl sites for hydroxylation is 2. The number of amides is 1. The van der Waals surface area contributed by atoms with E-state index in [1.165, 1.54) is 0 Å². The zero-order valence-electron chi connectivity index (χ0n) is 12.5. The smallest absolute Gasteiger partial charge is 0.273 e. The summed E-state index contributed by atoms with van der Waals surface area (Å²) in [6.45, 7) is 5.92. The van der Waals surface area contributed by atoms with Gasteiger partial charge in [-0.1, -0.05) is 29.8 Å². The largest absolute Gasteiger partial charge is 0.398 e. The molecule has 0 fully saturated rings. The van der Waals surface area contributed by atoms with Gasteiger partial charge in [-0.15, -0.1) is 0 Å². The summed E-state index contributed by atoms with van der Waals surface area (Å²) in [5.74, 6) is -0.308. The lowest BCUT2D eigenvalue weighted by atomic mass is 10.0. The van der Waals surface area contributed by atoms with Gasteiger partial charge in [0, 0.05) is 11.3 Å². The van der Waals surface area contributed by atoms with E-state index in [0.29, 0.717) is 11.3 Å². The molecule has 0 aliphatic carbocycles. The Hall–Kier alpha value is -2.62. The van der Waals surface area contributed by atoms with E-state index in [1.807, 2.05) is 26.8 Å². The van der Waals surface area contributed by atoms with E-state index in [4.69, 9.17) is 5.73 Å². The summed E-state index contributed by atoms with van der Waals surface area (Å²) in [5.41, 5.74) is 13.3. The van der Waals surface area contributed by atoms with Crippen molar-refractivity contribution in [1.29, 1.82) is 0 Å². The van der Waals surface area contributed by atoms with Crippen LogP contribution in [0.15, 0.2) is 47.6 Å². The van der Waals surface area contributed by atoms with E-state index < -0.39 is 0 Å². The minimum Gasteiger partial charge on any atom is -0.398 e. The number of nitrogen functional groups attached to an aromatic ring is 1. The van der Waals surface area contributed by atoms with Crippen molar-refractivity contribution in [3.8, 4) is 0 Å². The molecule has 3 N–H and O–H groups in total. The highest BCUT2D eigenvalue weighted by molar-refractivity contribution is 6.03. The van der Waals surface area contributed by atoms with Gasteiger partial charge >= 0.3 is 0 Å². The van der Waals surface area contributed by atoms with Crippen LogP contribution in [0, 0.1) is 13.8 Å². The molecule has 2 aromatic rings. The maximum absolute atomic E-state index is 12.1. The number of hydrazone groups is 1. The highest BCUT2D eigenvalue weighted by atomic mass is 16.2. The van der Waals surface area contributed by atoms with Gasteiger partial charge in [0.15, 0.2) is 0 Å². The Morgan fingerprint density at radius 3 is 2.52 bits per heavy atom. The number of hydrogen-bond donors (Lipinski definition) is 2. The van der Waals surface area contributed by atoms with Crippen LogP contribution in [0.5, 0.6) is 0 Å². The van der Waals surface area contributed by atoms with Gasteiger partial charge in [-0.2, -0.15) is 5.10 Å². The minimum absolute atomic E-state index is 0.308. The second kappa shape index (κ2) is 6.22. The first-order chi connectivity index (χ1) is 9.99. The maximum Gasteiger partial charge on any atom is 0.273 e. The SMILES string of the molecule is C/C(=N/NC(=O)c1ccccc1N)c1cc(C)ccc1C. The lowest BCUT2D eigenvalue weighted by Gasteiger charge is -2.08. The summed E-state index contributed by atoms with van der Waals surface area (Å²) in [7, 11) is 0. The molecule has 21 heavy (non-hydrogen) atoms. The fourth-order valence-electron chi connectivity index (χ4n) is 2.08. The molecule has 0 atom stereocenters. The average molecular weight is 281 g/mol. The van der Waals surface area contributed by atoms with Crippen molar-refractivity contribution in [1.82, 2.24) is 5.43 Å². The number of carbonyl (C=O) groups is 1. The summed E-state index contributed by atoms with van der Waals surface area (Å²) >= 11 is 0. The topological polar surface area (TPSA) is 67.5 Å². The Labute approximate surface area is 124 Å². The molecule has 0 aliphatic heterocycles. The zero-order chi connectivity index (χ0) is 15.4. The first-order valence-corrected chi connectivity index (χ1v) is 6.76. The van der Waals surface area contributed by atoms with Crippen LogP contribution in [-0.2, 0) is 0 Å². The van der Waals surface area contributed by atoms with Crippen LogP contribution in [0.4, 0.5) is 5.69 Å². The molecular weight excluding hydrogens is 262 g/mol. The standard InChI is InChI=1S/C17H19N3O/c1-11-8-9-12(2)15(10-11)13(3)19-20-17(21)14-6-4-5-7-16(14)18/h4-10H,18H2,1-3H3,(H,20,21)/b19-13-. The molecule has 0 heterocycles. The zero-order valence-corrected chi connectivity index (χ0v) is 12.5. The molecule has 0 aliphatic rings. The Morgan fingerprint density at radius 1 is 1.10 bits per heavy atom. The molecule has 2 aromatic carbocycles. The number of nitrogens with one attached hydrogen (secondary N) is 1. The van der Waals surface area contributed by atoms with Crippen molar-refractivity contribution in [3.63, 3.8) is 0 Å². The number of carbonyl (C=O) groups excluding carboxylic acids is 1. The van der Waals surface area contributed by atoms with Gasteiger partial charge in [-0.3, -0.25) is 4.79 Å². The number of hydrogen-bond acceptors (Lipinski definition) is 3. The third-order valence-corrected chi connectivity index (χ3v) is 3.31. The van der Waals surface area contributed by atoms with Crippen molar-refractivity contribution in [2.75, 3.05) is 5.73 Å². The Morgan fingerprint density at radius 2 is 1.81 bits per heavy atom. The summed E-state index contributed by atoms with van der Waals surface area (Å²) in [6, 6.07) is 13.1. The molecule has 0 aromatic heterocycles. The fourth-order valence-corrected chi connectivity index (χ4v) is 2.08. The molecule has 1 amide bonds. The van der Waals surface area contributed by atoms with Gasteiger partial charge in [-0.05, 0) is 44.5 Å². The molecule has 0 saturated carbocycles. The molecule has 0 spiro atoms. The fraction of sp³-hybridized carbons (Fsp3) is 0.176. The number of para-hydroxylation sites is 1. The van der Waals surface area contributed by atoms with Crippen molar-refractivity contribution in [3.05, 3.63) is 64.7 Å². The summed E-state index contributed by atoms with van der Waals surface area (Å²) in [4.78, 5) is 12.1. The molecule has 108 valence electrons. The second-order valence-corrected chi connectivity index (χ2v) is 5.04. The minimum atomic E-state index is -0.308. The van der Waals surface area contributed by atoms with E-state index >= 15 is 0 Å². The molecule has 2 rings (SSSR count). The molecule has 4 nitrogen and oxygen atoms in total. The monoisotopic (exact) mass is 281 g/mol. The van der Waals surface area contributed by atoms with Crippen LogP contribution >= 0.6 is 0 Å². The van der Waals surface area contributed by atoms with Gasteiger partial charge in [-0.25, -0.2) is 5.43 Å². The lowest BCUT2D eigenvalue weighted by molar-refractivity contribution is 0.0955. The number of rotatable bonds is 3. The van der Waals surface area contributed by atoms with Crippen LogP contribution in [0.25, 0.3) is 0 Å². The summed E-state index contributed by atoms with van der Waals surface area (Å²) in [6.07, 6.45) is 0. The molecule has 0 radical (unpaired) electrons. The van der Waals surface area contributed by atoms with Crippen LogP contribution in [0.3, 0.4) is 0 Å². The van der Waals surface area contributed by atoms with E-state index in [2.05, 4.69) is 22.7 Å². The number of nitrogens with zero attached hydrogens (tertiary/aromatic N) is 1. The van der Waals surface area contributed by atoms with Gasteiger partial charge in [0.25, 0.3) is 5.91 Å². The first kappa shape index (κ1) is 14.8. The number of nitrogens with two attached hydrogens (primary N) is 1. The van der Waals surface area contributed by atoms with Crippen molar-refractivity contribution < 1.29 is 4.79 Å². The van der Waals surface area contributed by atoms with Crippen molar-refractivity contribution in [2.24, 2.45) is 5.10 Å². The van der Waals surface area contributed by atoms with E-state index in [-0.39, 0.29) is 5.91 Å². The Kier molecular flexibility index (Phi) is 4.38. The highest BCUT2D eigenvalue weighted by Crippen LogP contribution is 2.12. The third kappa shape index (κ3) is 3.48. The first-order valence-electron chi connectivity index (χ1n) is 6.76. The predicted molar refractivity (Wildman–Crippen MR) is 86.4 cm³/mol. The summed E-state index contributed by atoms with van der Waals surface area (Å²) in [5, 5.41) is 4.18. The summed E-state index contributed by atoms with van der Waals surface area (Å²) < 4.78 is 0. The highest BCUT2D eigenvalue weighted by Gasteiger charge is 2.08. The normalized spacial score (nSPS) is 11.3. The molecule has 0 unspecified atom stereocenters. The van der Waals surface area contributed by atoms with Gasteiger partial charge < -0.3 is 5.73 Å². The number of benzene rings is 2. The number of anilines is 1. The average Bonchev–Trinajstić information content (AvgIpc) is 2.47. The Bertz CT molecular complexity index is 705. The van der Waals surface area contributed by atoms with Crippen LogP contribution in [0.2, 0.25) is 0 Å². The van der Waals surface area contributed by atoms with E-state index in [1.54, 1.807) is 24.3 Å². The van der Waals surface area contributed by atoms with Gasteiger partial charge in [0.2, 0.25) is 0 Å². The molecule has 0 bridgehead atoms. The molecule has 0 saturated heterocycles. The quantitative estimate of drug-likeness (QED) is 0.516. The maximum atomic E-state index is 12.1. The second-order valence-electron chi connectivity index (χ2n) is 5.04.